The molecule has 4 aromatic rings. The molecule has 3 heterocycles. The Morgan fingerprint density at radius 2 is 1.75 bits per heavy atom. The number of nitrogens with zero attached hydrogens (tertiary/aromatic N) is 4. The third kappa shape index (κ3) is 4.21. The summed E-state index contributed by atoms with van der Waals surface area (Å²) in [6, 6.07) is 21.2. The molecule has 1 aliphatic heterocycles. The average molecular weight is 427 g/mol. The van der Waals surface area contributed by atoms with Crippen molar-refractivity contribution in [3.63, 3.8) is 0 Å². The van der Waals surface area contributed by atoms with Crippen molar-refractivity contribution in [3.8, 4) is 22.5 Å². The van der Waals surface area contributed by atoms with E-state index in [0.29, 0.717) is 5.92 Å². The Labute approximate surface area is 188 Å². The molecule has 0 spiro atoms. The van der Waals surface area contributed by atoms with Crippen LogP contribution < -0.4 is 0 Å². The van der Waals surface area contributed by atoms with Crippen LogP contribution in [0.15, 0.2) is 79.1 Å². The van der Waals surface area contributed by atoms with E-state index in [-0.39, 0.29) is 5.82 Å². The second kappa shape index (κ2) is 9.05. The molecule has 0 atom stereocenters. The van der Waals surface area contributed by atoms with E-state index in [1.807, 2.05) is 24.4 Å². The number of halogens is 1. The Bertz CT molecular complexity index is 1190. The van der Waals surface area contributed by atoms with Crippen molar-refractivity contribution in [1.29, 1.82) is 0 Å². The van der Waals surface area contributed by atoms with Crippen molar-refractivity contribution in [2.24, 2.45) is 7.05 Å². The quantitative estimate of drug-likeness (QED) is 0.412. The minimum Gasteiger partial charge on any atom is -0.331 e. The van der Waals surface area contributed by atoms with Crippen molar-refractivity contribution in [3.05, 3.63) is 96.3 Å². The smallest absolute Gasteiger partial charge is 0.123 e. The predicted molar refractivity (Wildman–Crippen MR) is 126 cm³/mol. The summed E-state index contributed by atoms with van der Waals surface area (Å²) in [5.41, 5.74) is 4.91. The molecule has 2 aromatic carbocycles. The normalized spacial score (nSPS) is 15.2. The van der Waals surface area contributed by atoms with Gasteiger partial charge >= 0.3 is 0 Å². The average Bonchev–Trinajstić information content (AvgIpc) is 3.21. The summed E-state index contributed by atoms with van der Waals surface area (Å²) in [6.45, 7) is 3.15. The summed E-state index contributed by atoms with van der Waals surface area (Å²) in [7, 11) is 2.08. The fourth-order valence-corrected chi connectivity index (χ4v) is 4.72. The van der Waals surface area contributed by atoms with E-state index >= 15 is 0 Å². The van der Waals surface area contributed by atoms with Gasteiger partial charge in [0.2, 0.25) is 0 Å². The second-order valence-corrected chi connectivity index (χ2v) is 8.51. The zero-order chi connectivity index (χ0) is 21.9. The third-order valence-electron chi connectivity index (χ3n) is 6.41. The standard InChI is InChI=1S/C27H27FN4/c1-31-25(24-11-6-14-29-26(24)22-9-5-10-23(28)17-22)18-30-27(31)21-12-15-32(16-13-21)19-20-7-3-2-4-8-20/h2-11,14,17-18,21H,12-13,15-16,19H2,1H3. The molecule has 0 radical (unpaired) electrons. The molecule has 2 aromatic heterocycles. The van der Waals surface area contributed by atoms with E-state index in [1.165, 1.54) is 17.7 Å². The Morgan fingerprint density at radius 1 is 0.938 bits per heavy atom. The van der Waals surface area contributed by atoms with Crippen molar-refractivity contribution in [2.75, 3.05) is 13.1 Å². The molecule has 0 aliphatic carbocycles. The van der Waals surface area contributed by atoms with E-state index in [4.69, 9.17) is 4.98 Å². The maximum atomic E-state index is 13.8. The molecule has 1 fully saturated rings. The molecule has 0 N–H and O–H groups in total. The van der Waals surface area contributed by atoms with Gasteiger partial charge in [-0.25, -0.2) is 9.37 Å². The molecule has 4 nitrogen and oxygen atoms in total. The highest BCUT2D eigenvalue weighted by molar-refractivity contribution is 5.78. The minimum atomic E-state index is -0.257. The highest BCUT2D eigenvalue weighted by Crippen LogP contribution is 2.34. The van der Waals surface area contributed by atoms with Crippen LogP contribution in [-0.4, -0.2) is 32.5 Å². The number of hydrogen-bond donors (Lipinski definition) is 0. The Balaban J connectivity index is 1.35. The lowest BCUT2D eigenvalue weighted by molar-refractivity contribution is 0.200. The molecule has 5 rings (SSSR count). The Kier molecular flexibility index (Phi) is 5.82. The van der Waals surface area contributed by atoms with Gasteiger partial charge in [0.15, 0.2) is 0 Å². The van der Waals surface area contributed by atoms with Crippen LogP contribution in [0, 0.1) is 5.82 Å². The van der Waals surface area contributed by atoms with Crippen molar-refractivity contribution in [2.45, 2.75) is 25.3 Å². The SMILES string of the molecule is Cn1c(-c2cccnc2-c2cccc(F)c2)cnc1C1CCN(Cc2ccccc2)CC1. The number of aromatic nitrogens is 3. The largest absolute Gasteiger partial charge is 0.331 e. The van der Waals surface area contributed by atoms with Gasteiger partial charge in [0.05, 0.1) is 17.6 Å². The summed E-state index contributed by atoms with van der Waals surface area (Å²) >= 11 is 0. The number of likely N-dealkylation sites (tertiary alicyclic amines) is 1. The molecule has 162 valence electrons. The molecular weight excluding hydrogens is 399 g/mol. The molecule has 0 saturated carbocycles. The summed E-state index contributed by atoms with van der Waals surface area (Å²) in [5, 5.41) is 0. The molecule has 1 aliphatic rings. The van der Waals surface area contributed by atoms with Crippen LogP contribution in [0.25, 0.3) is 22.5 Å². The molecule has 1 saturated heterocycles. The van der Waals surface area contributed by atoms with Crippen LogP contribution >= 0.6 is 0 Å². The zero-order valence-electron chi connectivity index (χ0n) is 18.3. The second-order valence-electron chi connectivity index (χ2n) is 8.51. The first-order chi connectivity index (χ1) is 15.7. The lowest BCUT2D eigenvalue weighted by Crippen LogP contribution is -2.33. The molecule has 0 unspecified atom stereocenters. The fraction of sp³-hybridized carbons (Fsp3) is 0.259. The summed E-state index contributed by atoms with van der Waals surface area (Å²) in [5.74, 6) is 1.30. The lowest BCUT2D eigenvalue weighted by atomic mass is 9.95. The van der Waals surface area contributed by atoms with Gasteiger partial charge in [0.1, 0.15) is 11.6 Å². The molecular formula is C27H27FN4. The van der Waals surface area contributed by atoms with Crippen LogP contribution in [0.4, 0.5) is 4.39 Å². The first-order valence-corrected chi connectivity index (χ1v) is 11.2. The third-order valence-corrected chi connectivity index (χ3v) is 6.41. The topological polar surface area (TPSA) is 34.0 Å². The van der Waals surface area contributed by atoms with Gasteiger partial charge in [-0.3, -0.25) is 9.88 Å². The van der Waals surface area contributed by atoms with Gasteiger partial charge in [-0.2, -0.15) is 0 Å². The molecule has 0 amide bonds. The number of piperidine rings is 1. The minimum absolute atomic E-state index is 0.257. The summed E-state index contributed by atoms with van der Waals surface area (Å²) in [6.07, 6.45) is 5.89. The highest BCUT2D eigenvalue weighted by Gasteiger charge is 2.25. The number of imidazole rings is 1. The summed E-state index contributed by atoms with van der Waals surface area (Å²) < 4.78 is 16.0. The van der Waals surface area contributed by atoms with Crippen LogP contribution in [0.3, 0.4) is 0 Å². The van der Waals surface area contributed by atoms with Crippen molar-refractivity contribution in [1.82, 2.24) is 19.4 Å². The molecule has 32 heavy (non-hydrogen) atoms. The van der Waals surface area contributed by atoms with Crippen LogP contribution in [0.5, 0.6) is 0 Å². The molecule has 5 heteroatoms. The Hall–Kier alpha value is -3.31. The number of benzene rings is 2. The maximum absolute atomic E-state index is 13.8. The van der Waals surface area contributed by atoms with Gasteiger partial charge < -0.3 is 4.57 Å². The van der Waals surface area contributed by atoms with E-state index in [2.05, 4.69) is 51.8 Å². The van der Waals surface area contributed by atoms with Crippen LogP contribution in [0.2, 0.25) is 0 Å². The van der Waals surface area contributed by atoms with Gasteiger partial charge in [0.25, 0.3) is 0 Å². The zero-order valence-corrected chi connectivity index (χ0v) is 18.3. The number of rotatable bonds is 5. The number of pyridine rings is 1. The van der Waals surface area contributed by atoms with Gasteiger partial charge in [-0.15, -0.1) is 0 Å². The Morgan fingerprint density at radius 3 is 2.53 bits per heavy atom. The van der Waals surface area contributed by atoms with E-state index in [9.17, 15) is 4.39 Å². The summed E-state index contributed by atoms with van der Waals surface area (Å²) in [4.78, 5) is 11.9. The van der Waals surface area contributed by atoms with E-state index in [1.54, 1.807) is 12.3 Å². The number of hydrogen-bond acceptors (Lipinski definition) is 3. The predicted octanol–water partition coefficient (Wildman–Crippen LogP) is 5.67. The fourth-order valence-electron chi connectivity index (χ4n) is 4.72. The van der Waals surface area contributed by atoms with Gasteiger partial charge in [0, 0.05) is 36.8 Å². The van der Waals surface area contributed by atoms with Crippen LogP contribution in [-0.2, 0) is 13.6 Å². The first-order valence-electron chi connectivity index (χ1n) is 11.2. The monoisotopic (exact) mass is 426 g/mol. The van der Waals surface area contributed by atoms with E-state index < -0.39 is 0 Å². The van der Waals surface area contributed by atoms with E-state index in [0.717, 1.165) is 60.8 Å². The van der Waals surface area contributed by atoms with Gasteiger partial charge in [-0.05, 0) is 55.8 Å². The molecule has 0 bridgehead atoms. The van der Waals surface area contributed by atoms with Crippen LogP contribution in [0.1, 0.15) is 30.1 Å². The maximum Gasteiger partial charge on any atom is 0.123 e. The van der Waals surface area contributed by atoms with Crippen molar-refractivity contribution < 1.29 is 4.39 Å². The van der Waals surface area contributed by atoms with Crippen molar-refractivity contribution >= 4 is 0 Å². The first kappa shape index (κ1) is 20.6. The van der Waals surface area contributed by atoms with Gasteiger partial charge in [-0.1, -0.05) is 42.5 Å². The lowest BCUT2D eigenvalue weighted by Gasteiger charge is -2.31. The highest BCUT2D eigenvalue weighted by atomic mass is 19.1.